The molecule has 0 bridgehead atoms. The van der Waals surface area contributed by atoms with Crippen LogP contribution in [0.25, 0.3) is 22.4 Å². The first-order valence-electron chi connectivity index (χ1n) is 8.25. The average molecular weight is 323 g/mol. The Balaban J connectivity index is 2.30. The molecule has 3 rings (SSSR count). The molecule has 2 heterocycles. The minimum absolute atomic E-state index is 0.0178. The summed E-state index contributed by atoms with van der Waals surface area (Å²) < 4.78 is 0. The highest BCUT2D eigenvalue weighted by atomic mass is 16.3. The van der Waals surface area contributed by atoms with E-state index < -0.39 is 0 Å². The third-order valence-electron chi connectivity index (χ3n) is 4.32. The van der Waals surface area contributed by atoms with Gasteiger partial charge in [-0.1, -0.05) is 47.6 Å². The summed E-state index contributed by atoms with van der Waals surface area (Å²) in [5.41, 5.74) is 4.39. The molecule has 4 nitrogen and oxygen atoms in total. The van der Waals surface area contributed by atoms with E-state index in [0.29, 0.717) is 11.6 Å². The lowest BCUT2D eigenvalue weighted by atomic mass is 9.79. The number of nitrogens with one attached hydrogen (secondary N) is 1. The molecule has 0 aliphatic heterocycles. The lowest BCUT2D eigenvalue weighted by molar-refractivity contribution is 0.446. The molecule has 0 atom stereocenters. The highest BCUT2D eigenvalue weighted by Crippen LogP contribution is 2.41. The van der Waals surface area contributed by atoms with Crippen molar-refractivity contribution in [2.45, 2.75) is 52.4 Å². The maximum absolute atomic E-state index is 10.9. The number of pyridine rings is 1. The van der Waals surface area contributed by atoms with Crippen molar-refractivity contribution in [1.29, 1.82) is 0 Å². The summed E-state index contributed by atoms with van der Waals surface area (Å²) >= 11 is 0. The lowest BCUT2D eigenvalue weighted by Gasteiger charge is -2.27. The van der Waals surface area contributed by atoms with Gasteiger partial charge in [0.2, 0.25) is 0 Å². The number of hydrogen-bond donors (Lipinski definition) is 2. The highest BCUT2D eigenvalue weighted by Gasteiger charge is 2.26. The molecule has 0 spiro atoms. The summed E-state index contributed by atoms with van der Waals surface area (Å²) in [7, 11) is 0. The van der Waals surface area contributed by atoms with E-state index in [-0.39, 0.29) is 10.8 Å². The first kappa shape index (κ1) is 16.5. The fourth-order valence-corrected chi connectivity index (χ4v) is 2.80. The Morgan fingerprint density at radius 3 is 2.29 bits per heavy atom. The molecule has 4 heteroatoms. The molecule has 24 heavy (non-hydrogen) atoms. The first-order chi connectivity index (χ1) is 11.1. The second kappa shape index (κ2) is 5.33. The Morgan fingerprint density at radius 1 is 1.00 bits per heavy atom. The molecule has 0 radical (unpaired) electrons. The monoisotopic (exact) mass is 323 g/mol. The molecule has 3 aromatic rings. The van der Waals surface area contributed by atoms with E-state index in [1.165, 1.54) is 5.56 Å². The Hall–Kier alpha value is -2.36. The van der Waals surface area contributed by atoms with Crippen LogP contribution in [-0.2, 0) is 10.8 Å². The van der Waals surface area contributed by atoms with Gasteiger partial charge in [-0.2, -0.15) is 0 Å². The molecule has 0 aliphatic rings. The summed E-state index contributed by atoms with van der Waals surface area (Å²) in [6.07, 6.45) is 3.47. The van der Waals surface area contributed by atoms with Gasteiger partial charge in [-0.3, -0.25) is 4.98 Å². The number of aromatic amines is 1. The maximum Gasteiger partial charge on any atom is 0.142 e. The molecule has 0 saturated carbocycles. The highest BCUT2D eigenvalue weighted by molar-refractivity contribution is 5.80. The van der Waals surface area contributed by atoms with Gasteiger partial charge in [0.05, 0.1) is 22.8 Å². The largest absolute Gasteiger partial charge is 0.507 e. The van der Waals surface area contributed by atoms with Gasteiger partial charge in [-0.15, -0.1) is 0 Å². The van der Waals surface area contributed by atoms with E-state index in [0.717, 1.165) is 22.2 Å². The summed E-state index contributed by atoms with van der Waals surface area (Å²) in [4.78, 5) is 12.0. The van der Waals surface area contributed by atoms with Gasteiger partial charge in [0.1, 0.15) is 11.6 Å². The smallest absolute Gasteiger partial charge is 0.142 e. The van der Waals surface area contributed by atoms with Crippen LogP contribution in [0.2, 0.25) is 0 Å². The average Bonchev–Trinajstić information content (AvgIpc) is 2.88. The minimum atomic E-state index is -0.159. The van der Waals surface area contributed by atoms with Crippen molar-refractivity contribution < 1.29 is 5.11 Å². The van der Waals surface area contributed by atoms with E-state index in [1.54, 1.807) is 12.4 Å². The molecular weight excluding hydrogens is 298 g/mol. The van der Waals surface area contributed by atoms with E-state index in [9.17, 15) is 5.11 Å². The van der Waals surface area contributed by atoms with Crippen molar-refractivity contribution in [1.82, 2.24) is 15.0 Å². The summed E-state index contributed by atoms with van der Waals surface area (Å²) in [6.45, 7) is 12.9. The summed E-state index contributed by atoms with van der Waals surface area (Å²) in [5, 5.41) is 10.9. The topological polar surface area (TPSA) is 61.8 Å². The van der Waals surface area contributed by atoms with Crippen molar-refractivity contribution in [2.75, 3.05) is 0 Å². The van der Waals surface area contributed by atoms with Gasteiger partial charge in [0, 0.05) is 11.8 Å². The molecule has 0 amide bonds. The van der Waals surface area contributed by atoms with Gasteiger partial charge >= 0.3 is 0 Å². The Labute approximate surface area is 143 Å². The van der Waals surface area contributed by atoms with Gasteiger partial charge in [0.15, 0.2) is 0 Å². The van der Waals surface area contributed by atoms with Crippen LogP contribution >= 0.6 is 0 Å². The molecule has 0 fully saturated rings. The van der Waals surface area contributed by atoms with Crippen LogP contribution in [0.1, 0.15) is 52.7 Å². The van der Waals surface area contributed by atoms with Gasteiger partial charge in [-0.05, 0) is 28.5 Å². The molecule has 1 aromatic carbocycles. The Morgan fingerprint density at radius 2 is 1.71 bits per heavy atom. The maximum atomic E-state index is 10.9. The number of phenols is 1. The van der Waals surface area contributed by atoms with Crippen molar-refractivity contribution in [3.63, 3.8) is 0 Å². The Kier molecular flexibility index (Phi) is 3.67. The van der Waals surface area contributed by atoms with Crippen LogP contribution in [0.15, 0.2) is 30.6 Å². The van der Waals surface area contributed by atoms with Crippen molar-refractivity contribution in [3.8, 4) is 17.1 Å². The van der Waals surface area contributed by atoms with Crippen LogP contribution in [0.5, 0.6) is 5.75 Å². The number of fused-ring (bicyclic) bond motifs is 1. The molecule has 0 aliphatic carbocycles. The van der Waals surface area contributed by atoms with Crippen LogP contribution < -0.4 is 0 Å². The number of phenolic OH excluding ortho intramolecular Hbond substituents is 1. The zero-order valence-corrected chi connectivity index (χ0v) is 15.2. The lowest BCUT2D eigenvalue weighted by Crippen LogP contribution is -2.17. The number of aromatic hydroxyl groups is 1. The number of nitrogens with zero attached hydrogens (tertiary/aromatic N) is 2. The molecular formula is C20H25N3O. The molecule has 2 N–H and O–H groups in total. The number of rotatable bonds is 1. The normalized spacial score (nSPS) is 12.8. The van der Waals surface area contributed by atoms with Gasteiger partial charge < -0.3 is 10.1 Å². The second-order valence-electron chi connectivity index (χ2n) is 8.40. The third-order valence-corrected chi connectivity index (χ3v) is 4.32. The van der Waals surface area contributed by atoms with E-state index >= 15 is 0 Å². The van der Waals surface area contributed by atoms with E-state index in [1.807, 2.05) is 12.1 Å². The number of hydrogen-bond acceptors (Lipinski definition) is 3. The summed E-state index contributed by atoms with van der Waals surface area (Å²) in [5.74, 6) is 0.967. The van der Waals surface area contributed by atoms with Crippen molar-refractivity contribution >= 4 is 11.0 Å². The number of benzene rings is 1. The zero-order valence-electron chi connectivity index (χ0n) is 15.2. The number of aromatic nitrogens is 3. The summed E-state index contributed by atoms with van der Waals surface area (Å²) in [6, 6.07) is 6.02. The van der Waals surface area contributed by atoms with Crippen LogP contribution in [0, 0.1) is 0 Å². The standard InChI is InChI=1S/C20H25N3O/c1-19(2,3)12-9-13(17(24)14(10-12)20(4,5)6)18-22-15-7-8-21-11-16(15)23-18/h7-11,24H,1-6H3,(H,22,23). The minimum Gasteiger partial charge on any atom is -0.507 e. The van der Waals surface area contributed by atoms with Crippen molar-refractivity contribution in [2.24, 2.45) is 0 Å². The fourth-order valence-electron chi connectivity index (χ4n) is 2.80. The first-order valence-corrected chi connectivity index (χ1v) is 8.25. The molecule has 0 saturated heterocycles. The number of H-pyrrole nitrogens is 1. The Bertz CT molecular complexity index is 862. The fraction of sp³-hybridized carbons (Fsp3) is 0.400. The van der Waals surface area contributed by atoms with Gasteiger partial charge in [-0.25, -0.2) is 4.98 Å². The van der Waals surface area contributed by atoms with Gasteiger partial charge in [0.25, 0.3) is 0 Å². The zero-order chi connectivity index (χ0) is 17.7. The predicted molar refractivity (Wildman–Crippen MR) is 98.4 cm³/mol. The number of imidazole rings is 1. The van der Waals surface area contributed by atoms with E-state index in [2.05, 4.69) is 62.6 Å². The van der Waals surface area contributed by atoms with E-state index in [4.69, 9.17) is 0 Å². The van der Waals surface area contributed by atoms with Crippen LogP contribution in [-0.4, -0.2) is 20.1 Å². The van der Waals surface area contributed by atoms with Crippen molar-refractivity contribution in [3.05, 3.63) is 41.7 Å². The molecule has 0 unspecified atom stereocenters. The molecule has 2 aromatic heterocycles. The second-order valence-corrected chi connectivity index (χ2v) is 8.40. The van der Waals surface area contributed by atoms with Crippen LogP contribution in [0.4, 0.5) is 0 Å². The predicted octanol–water partition coefficient (Wildman–Crippen LogP) is 4.93. The third kappa shape index (κ3) is 2.88. The SMILES string of the molecule is CC(C)(C)c1cc(-c2nc3ccncc3[nH]2)c(O)c(C(C)(C)C)c1. The molecule has 126 valence electrons. The van der Waals surface area contributed by atoms with Crippen LogP contribution in [0.3, 0.4) is 0 Å². The quantitative estimate of drug-likeness (QED) is 0.668.